The van der Waals surface area contributed by atoms with Crippen molar-refractivity contribution < 1.29 is 14.1 Å². The highest BCUT2D eigenvalue weighted by molar-refractivity contribution is 5.94. The van der Waals surface area contributed by atoms with Crippen LogP contribution in [0.3, 0.4) is 0 Å². The van der Waals surface area contributed by atoms with Crippen molar-refractivity contribution in [1.82, 2.24) is 10.1 Å². The lowest BCUT2D eigenvalue weighted by atomic mass is 9.83. The van der Waals surface area contributed by atoms with Gasteiger partial charge in [-0.15, -0.1) is 0 Å². The van der Waals surface area contributed by atoms with Crippen molar-refractivity contribution in [3.63, 3.8) is 0 Å². The molecular formula is C26H30N4O3. The third-order valence-electron chi connectivity index (χ3n) is 6.27. The SMILES string of the molecule is CCc1ccc(C2CC(C(=O)Nc3ccccc3)CN(C(=O)Nc3c(C)noc3C)C2)cc1. The quantitative estimate of drug-likeness (QED) is 0.569. The molecule has 0 radical (unpaired) electrons. The number of hydrogen-bond donors (Lipinski definition) is 2. The number of rotatable bonds is 5. The first-order valence-corrected chi connectivity index (χ1v) is 11.4. The standard InChI is InChI=1S/C26H30N4O3/c1-4-19-10-12-20(13-11-19)21-14-22(25(31)27-23-8-6-5-7-9-23)16-30(15-21)26(32)28-24-17(2)29-33-18(24)3/h5-13,21-22H,4,14-16H2,1-3H3,(H,27,31)(H,28,32). The van der Waals surface area contributed by atoms with E-state index in [0.29, 0.717) is 36.7 Å². The number of aryl methyl sites for hydroxylation is 3. The van der Waals surface area contributed by atoms with Gasteiger partial charge in [0.05, 0.1) is 5.92 Å². The highest BCUT2D eigenvalue weighted by Crippen LogP contribution is 2.32. The van der Waals surface area contributed by atoms with Gasteiger partial charge in [0.25, 0.3) is 0 Å². The fraction of sp³-hybridized carbons (Fsp3) is 0.346. The lowest BCUT2D eigenvalue weighted by Crippen LogP contribution is -2.48. The average molecular weight is 447 g/mol. The Morgan fingerprint density at radius 3 is 2.39 bits per heavy atom. The van der Waals surface area contributed by atoms with Crippen molar-refractivity contribution in [3.8, 4) is 0 Å². The lowest BCUT2D eigenvalue weighted by Gasteiger charge is -2.37. The van der Waals surface area contributed by atoms with E-state index in [9.17, 15) is 9.59 Å². The highest BCUT2D eigenvalue weighted by Gasteiger charge is 2.35. The number of aromatic nitrogens is 1. The summed E-state index contributed by atoms with van der Waals surface area (Å²) in [6, 6.07) is 17.6. The Morgan fingerprint density at radius 1 is 1.03 bits per heavy atom. The van der Waals surface area contributed by atoms with Crippen LogP contribution >= 0.6 is 0 Å². The van der Waals surface area contributed by atoms with Crippen LogP contribution < -0.4 is 10.6 Å². The van der Waals surface area contributed by atoms with Gasteiger partial charge in [-0.05, 0) is 49.9 Å². The van der Waals surface area contributed by atoms with Crippen molar-refractivity contribution in [2.24, 2.45) is 5.92 Å². The van der Waals surface area contributed by atoms with Gasteiger partial charge in [-0.3, -0.25) is 4.79 Å². The molecule has 2 N–H and O–H groups in total. The minimum Gasteiger partial charge on any atom is -0.359 e. The van der Waals surface area contributed by atoms with E-state index in [4.69, 9.17) is 4.52 Å². The zero-order valence-corrected chi connectivity index (χ0v) is 19.3. The van der Waals surface area contributed by atoms with Crippen molar-refractivity contribution in [1.29, 1.82) is 0 Å². The van der Waals surface area contributed by atoms with Crippen LogP contribution in [-0.4, -0.2) is 35.1 Å². The summed E-state index contributed by atoms with van der Waals surface area (Å²) in [6.45, 7) is 6.56. The molecule has 2 unspecified atom stereocenters. The number of likely N-dealkylation sites (tertiary alicyclic amines) is 1. The zero-order valence-electron chi connectivity index (χ0n) is 19.3. The number of para-hydroxylation sites is 1. The number of benzene rings is 2. The molecule has 0 bridgehead atoms. The van der Waals surface area contributed by atoms with Gasteiger partial charge in [-0.1, -0.05) is 54.5 Å². The predicted molar refractivity (Wildman–Crippen MR) is 128 cm³/mol. The van der Waals surface area contributed by atoms with E-state index in [-0.39, 0.29) is 23.8 Å². The Hall–Kier alpha value is -3.61. The maximum Gasteiger partial charge on any atom is 0.322 e. The van der Waals surface area contributed by atoms with Crippen molar-refractivity contribution >= 4 is 23.3 Å². The minimum absolute atomic E-state index is 0.0617. The molecule has 3 aromatic rings. The van der Waals surface area contributed by atoms with Crippen LogP contribution in [0.2, 0.25) is 0 Å². The number of piperidine rings is 1. The van der Waals surface area contributed by atoms with Crippen LogP contribution in [0.4, 0.5) is 16.2 Å². The first-order chi connectivity index (χ1) is 15.9. The van der Waals surface area contributed by atoms with Gasteiger partial charge in [0.2, 0.25) is 5.91 Å². The normalized spacial score (nSPS) is 18.1. The molecule has 2 atom stereocenters. The Morgan fingerprint density at radius 2 is 1.76 bits per heavy atom. The molecule has 3 amide bonds. The van der Waals surface area contributed by atoms with E-state index in [1.807, 2.05) is 30.3 Å². The monoisotopic (exact) mass is 446 g/mol. The number of nitrogens with one attached hydrogen (secondary N) is 2. The molecule has 1 aliphatic heterocycles. The van der Waals surface area contributed by atoms with Gasteiger partial charge in [0.1, 0.15) is 11.4 Å². The maximum atomic E-state index is 13.2. The molecule has 1 aromatic heterocycles. The summed E-state index contributed by atoms with van der Waals surface area (Å²) in [7, 11) is 0. The molecule has 0 aliphatic carbocycles. The largest absolute Gasteiger partial charge is 0.359 e. The molecule has 2 heterocycles. The third kappa shape index (κ3) is 5.25. The van der Waals surface area contributed by atoms with Crippen LogP contribution in [0.15, 0.2) is 59.1 Å². The predicted octanol–water partition coefficient (Wildman–Crippen LogP) is 5.13. The fourth-order valence-corrected chi connectivity index (χ4v) is 4.34. The second kappa shape index (κ2) is 9.90. The molecule has 172 valence electrons. The van der Waals surface area contributed by atoms with E-state index in [0.717, 1.165) is 17.7 Å². The van der Waals surface area contributed by atoms with E-state index in [1.165, 1.54) is 5.56 Å². The van der Waals surface area contributed by atoms with Crippen LogP contribution in [-0.2, 0) is 11.2 Å². The van der Waals surface area contributed by atoms with Crippen molar-refractivity contribution in [2.75, 3.05) is 23.7 Å². The molecule has 7 heteroatoms. The molecule has 33 heavy (non-hydrogen) atoms. The molecule has 2 aromatic carbocycles. The second-order valence-corrected chi connectivity index (χ2v) is 8.61. The molecule has 0 spiro atoms. The van der Waals surface area contributed by atoms with Crippen LogP contribution in [0.1, 0.15) is 41.8 Å². The van der Waals surface area contributed by atoms with Crippen molar-refractivity contribution in [2.45, 2.75) is 39.5 Å². The molecule has 0 saturated carbocycles. The fourth-order valence-electron chi connectivity index (χ4n) is 4.34. The Kier molecular flexibility index (Phi) is 6.77. The van der Waals surface area contributed by atoms with Gasteiger partial charge in [-0.25, -0.2) is 4.79 Å². The van der Waals surface area contributed by atoms with Crippen molar-refractivity contribution in [3.05, 3.63) is 77.2 Å². The number of carbonyl (C=O) groups is 2. The molecule has 4 rings (SSSR count). The number of anilines is 2. The maximum absolute atomic E-state index is 13.2. The number of carbonyl (C=O) groups excluding carboxylic acids is 2. The zero-order chi connectivity index (χ0) is 23.4. The average Bonchev–Trinajstić information content (AvgIpc) is 3.16. The topological polar surface area (TPSA) is 87.5 Å². The summed E-state index contributed by atoms with van der Waals surface area (Å²) >= 11 is 0. The summed E-state index contributed by atoms with van der Waals surface area (Å²) in [5.74, 6) is 0.214. The minimum atomic E-state index is -0.328. The Labute approximate surface area is 194 Å². The van der Waals surface area contributed by atoms with Crippen LogP contribution in [0.25, 0.3) is 0 Å². The number of hydrogen-bond acceptors (Lipinski definition) is 4. The molecule has 1 fully saturated rings. The summed E-state index contributed by atoms with van der Waals surface area (Å²) in [5, 5.41) is 9.84. The second-order valence-electron chi connectivity index (χ2n) is 8.61. The third-order valence-corrected chi connectivity index (χ3v) is 6.27. The van der Waals surface area contributed by atoms with Gasteiger partial charge in [0.15, 0.2) is 5.76 Å². The lowest BCUT2D eigenvalue weighted by molar-refractivity contribution is -0.121. The first-order valence-electron chi connectivity index (χ1n) is 11.4. The molecule has 1 aliphatic rings. The van der Waals surface area contributed by atoms with Gasteiger partial charge in [-0.2, -0.15) is 0 Å². The van der Waals surface area contributed by atoms with E-state index >= 15 is 0 Å². The van der Waals surface area contributed by atoms with Crippen LogP contribution in [0.5, 0.6) is 0 Å². The molecule has 1 saturated heterocycles. The number of amides is 3. The molecular weight excluding hydrogens is 416 g/mol. The number of urea groups is 1. The van der Waals surface area contributed by atoms with Gasteiger partial charge < -0.3 is 20.1 Å². The smallest absolute Gasteiger partial charge is 0.322 e. The summed E-state index contributed by atoms with van der Waals surface area (Å²) in [4.78, 5) is 28.1. The summed E-state index contributed by atoms with van der Waals surface area (Å²) < 4.78 is 5.17. The number of nitrogens with zero attached hydrogens (tertiary/aromatic N) is 2. The highest BCUT2D eigenvalue weighted by atomic mass is 16.5. The van der Waals surface area contributed by atoms with E-state index in [1.54, 1.807) is 18.7 Å². The van der Waals surface area contributed by atoms with Gasteiger partial charge >= 0.3 is 6.03 Å². The Balaban J connectivity index is 1.55. The summed E-state index contributed by atoms with van der Waals surface area (Å²) in [6.07, 6.45) is 1.65. The Bertz CT molecular complexity index is 1090. The molecule has 7 nitrogen and oxygen atoms in total. The first kappa shape index (κ1) is 22.6. The summed E-state index contributed by atoms with van der Waals surface area (Å²) in [5.41, 5.74) is 4.37. The van der Waals surface area contributed by atoms with Crippen LogP contribution in [0, 0.1) is 19.8 Å². The van der Waals surface area contributed by atoms with Gasteiger partial charge in [0, 0.05) is 24.7 Å². The van der Waals surface area contributed by atoms with E-state index in [2.05, 4.69) is 47.0 Å². The van der Waals surface area contributed by atoms with E-state index < -0.39 is 0 Å².